The third-order valence-electron chi connectivity index (χ3n) is 16.5. The zero-order valence-corrected chi connectivity index (χ0v) is 43.7. The minimum atomic E-state index is -0.599. The number of aliphatic hydroxyl groups is 2. The van der Waals surface area contributed by atoms with Crippen LogP contribution >= 0.6 is 0 Å². The maximum Gasteiger partial charge on any atom is 0.173 e. The molecule has 6 aromatic carbocycles. The first-order chi connectivity index (χ1) is 33.9. The molecule has 5 aliphatic carbocycles. The molecule has 12 rings (SSSR count). The fraction of sp³-hybridized carbons (Fsp3) is 0.364. The van der Waals surface area contributed by atoms with E-state index >= 15 is 0 Å². The molecule has 4 nitrogen and oxygen atoms in total. The Bertz CT molecular complexity index is 2990. The third kappa shape index (κ3) is 7.38. The summed E-state index contributed by atoms with van der Waals surface area (Å²) in [6, 6.07) is 40.2. The van der Waals surface area contributed by atoms with Crippen LogP contribution in [0.2, 0.25) is 0 Å². The van der Waals surface area contributed by atoms with Crippen molar-refractivity contribution in [3.63, 3.8) is 0 Å². The summed E-state index contributed by atoms with van der Waals surface area (Å²) in [5.74, 6) is 3.86. The first-order valence-corrected chi connectivity index (χ1v) is 26.4. The van der Waals surface area contributed by atoms with Crippen molar-refractivity contribution in [3.05, 3.63) is 211 Å². The molecule has 3 spiro atoms. The molecule has 0 aromatic heterocycles. The lowest BCUT2D eigenvalue weighted by molar-refractivity contribution is 0.330. The Kier molecular flexibility index (Phi) is 13.3. The molecule has 0 amide bonds. The number of hydrogen-bond acceptors (Lipinski definition) is 4. The van der Waals surface area contributed by atoms with E-state index in [1.807, 2.05) is 19.9 Å². The Labute approximate surface area is 418 Å². The summed E-state index contributed by atoms with van der Waals surface area (Å²) in [4.78, 5) is 0. The summed E-state index contributed by atoms with van der Waals surface area (Å²) >= 11 is 0. The topological polar surface area (TPSA) is 58.9 Å². The monoisotopic (exact) mass is 931 g/mol. The van der Waals surface area contributed by atoms with Gasteiger partial charge in [-0.05, 0) is 160 Å². The van der Waals surface area contributed by atoms with E-state index in [1.54, 1.807) is 0 Å². The van der Waals surface area contributed by atoms with E-state index in [0.717, 1.165) is 64.9 Å². The maximum absolute atomic E-state index is 11.6. The summed E-state index contributed by atoms with van der Waals surface area (Å²) in [6.45, 7) is 23.7. The van der Waals surface area contributed by atoms with Gasteiger partial charge in [0.25, 0.3) is 0 Å². The maximum atomic E-state index is 11.6. The summed E-state index contributed by atoms with van der Waals surface area (Å²) in [7, 11) is 0. The van der Waals surface area contributed by atoms with Crippen LogP contribution in [-0.4, -0.2) is 10.2 Å². The van der Waals surface area contributed by atoms with E-state index in [0.29, 0.717) is 0 Å². The Morgan fingerprint density at radius 2 is 1.01 bits per heavy atom. The van der Waals surface area contributed by atoms with Crippen LogP contribution in [0.1, 0.15) is 167 Å². The number of benzene rings is 6. The van der Waals surface area contributed by atoms with Gasteiger partial charge in [-0.2, -0.15) is 0 Å². The number of hydrogen-bond donors (Lipinski definition) is 2. The van der Waals surface area contributed by atoms with Gasteiger partial charge in [0, 0.05) is 22.7 Å². The number of allylic oxidation sites excluding steroid dienone is 4. The van der Waals surface area contributed by atoms with Crippen LogP contribution in [0.5, 0.6) is 23.0 Å². The molecule has 362 valence electrons. The minimum Gasteiger partial charge on any atom is -0.508 e. The van der Waals surface area contributed by atoms with E-state index in [2.05, 4.69) is 178 Å². The van der Waals surface area contributed by atoms with Crippen molar-refractivity contribution in [1.29, 1.82) is 0 Å². The van der Waals surface area contributed by atoms with Gasteiger partial charge in [0.05, 0.1) is 0 Å². The SMILES string of the molecule is CC.CCCC(C)C.CCCCC.Cc1c(C)c(C)c2c(c1C)Oc1cc3c(cc1O2)C1(CC32CC3(C4=CC(O)=C(O)CC=C42)c2ccccc2Cc2ccccc23)c2ccccc2-c2ccccc21. The molecule has 0 radical (unpaired) electrons. The van der Waals surface area contributed by atoms with Crippen LogP contribution in [-0.2, 0) is 22.7 Å². The van der Waals surface area contributed by atoms with Crippen molar-refractivity contribution in [2.45, 2.75) is 150 Å². The Balaban J connectivity index is 0.000000420. The highest BCUT2D eigenvalue weighted by Gasteiger charge is 2.67. The van der Waals surface area contributed by atoms with E-state index in [9.17, 15) is 10.2 Å². The fourth-order valence-electron chi connectivity index (χ4n) is 13.1. The van der Waals surface area contributed by atoms with E-state index in [4.69, 9.17) is 9.47 Å². The van der Waals surface area contributed by atoms with Gasteiger partial charge in [-0.15, -0.1) is 0 Å². The van der Waals surface area contributed by atoms with Crippen LogP contribution in [0, 0.1) is 33.6 Å². The van der Waals surface area contributed by atoms with Crippen LogP contribution < -0.4 is 9.47 Å². The van der Waals surface area contributed by atoms with Gasteiger partial charge in [0.2, 0.25) is 0 Å². The normalized spacial score (nSPS) is 18.3. The standard InChI is InChI=1S/C53H42O4.C6H14.C5H12.C2H6/c1-29-30(2)32(4)50-49(31(29)3)56-47-25-42-44(26-48(47)57-50)53(39-19-11-7-15-35(39)36-16-8-12-20-40(36)53)28-51(42)27-52(43-24-46(55)45(54)22-21-41(43)51)37-17-9-5-13-33(37)23-34-14-6-10-18-38(34)52;1-4-5-6(2)3;1-3-5-4-2;1-2/h5-21,24-26,54-55H,22-23,27-28H2,1-4H3;6H,4-5H2,1-3H3;3-5H2,1-2H3;1-2H3. The van der Waals surface area contributed by atoms with Crippen molar-refractivity contribution >= 4 is 0 Å². The van der Waals surface area contributed by atoms with Gasteiger partial charge in [0.15, 0.2) is 28.8 Å². The highest BCUT2D eigenvalue weighted by atomic mass is 16.6. The highest BCUT2D eigenvalue weighted by Crippen LogP contribution is 2.74. The zero-order valence-electron chi connectivity index (χ0n) is 43.7. The number of unbranched alkanes of at least 4 members (excludes halogenated alkanes) is 2. The minimum absolute atomic E-state index is 0.00754. The quantitative estimate of drug-likeness (QED) is 0.185. The van der Waals surface area contributed by atoms with Gasteiger partial charge < -0.3 is 19.7 Å². The number of ether oxygens (including phenoxy) is 2. The molecule has 0 bridgehead atoms. The fourth-order valence-corrected chi connectivity index (χ4v) is 13.1. The molecule has 0 saturated heterocycles. The average Bonchev–Trinajstić information content (AvgIpc) is 3.88. The summed E-state index contributed by atoms with van der Waals surface area (Å²) in [5.41, 5.74) is 17.9. The molecule has 1 saturated carbocycles. The summed E-state index contributed by atoms with van der Waals surface area (Å²) in [6.07, 6.45) is 13.5. The van der Waals surface area contributed by atoms with Crippen molar-refractivity contribution in [1.82, 2.24) is 0 Å². The van der Waals surface area contributed by atoms with Crippen LogP contribution in [0.25, 0.3) is 11.1 Å². The van der Waals surface area contributed by atoms with E-state index in [1.165, 1.54) is 104 Å². The highest BCUT2D eigenvalue weighted by molar-refractivity contribution is 5.87. The number of fused-ring (bicyclic) bond motifs is 17. The molecule has 70 heavy (non-hydrogen) atoms. The Morgan fingerprint density at radius 1 is 0.543 bits per heavy atom. The lowest BCUT2D eigenvalue weighted by Gasteiger charge is -2.40. The van der Waals surface area contributed by atoms with E-state index in [-0.39, 0.29) is 17.9 Å². The predicted molar refractivity (Wildman–Crippen MR) is 290 cm³/mol. The first-order valence-electron chi connectivity index (χ1n) is 26.4. The molecule has 1 fully saturated rings. The van der Waals surface area contributed by atoms with Crippen LogP contribution in [0.4, 0.5) is 0 Å². The third-order valence-corrected chi connectivity index (χ3v) is 16.5. The molecular formula is C66H74O4. The molecule has 1 aliphatic heterocycles. The molecular weight excluding hydrogens is 857 g/mol. The van der Waals surface area contributed by atoms with Gasteiger partial charge in [0.1, 0.15) is 5.76 Å². The molecule has 1 atom stereocenters. The largest absolute Gasteiger partial charge is 0.508 e. The van der Waals surface area contributed by atoms with Crippen molar-refractivity contribution in [2.24, 2.45) is 5.92 Å². The van der Waals surface area contributed by atoms with E-state index < -0.39 is 16.2 Å². The van der Waals surface area contributed by atoms with Crippen LogP contribution in [0.3, 0.4) is 0 Å². The van der Waals surface area contributed by atoms with Crippen molar-refractivity contribution < 1.29 is 19.7 Å². The molecule has 2 N–H and O–H groups in total. The van der Waals surface area contributed by atoms with Crippen molar-refractivity contribution in [2.75, 3.05) is 0 Å². The first kappa shape index (κ1) is 48.8. The average molecular weight is 931 g/mol. The number of aliphatic hydroxyl groups excluding tert-OH is 2. The predicted octanol–water partition coefficient (Wildman–Crippen LogP) is 18.3. The lowest BCUT2D eigenvalue weighted by Crippen LogP contribution is -2.35. The smallest absolute Gasteiger partial charge is 0.173 e. The van der Waals surface area contributed by atoms with Crippen molar-refractivity contribution in [3.8, 4) is 34.1 Å². The molecule has 1 unspecified atom stereocenters. The number of rotatable bonds is 4. The molecule has 4 heteroatoms. The summed E-state index contributed by atoms with van der Waals surface area (Å²) in [5, 5.41) is 23.0. The van der Waals surface area contributed by atoms with Gasteiger partial charge in [-0.1, -0.05) is 184 Å². The van der Waals surface area contributed by atoms with Gasteiger partial charge in [-0.3, -0.25) is 0 Å². The molecule has 1 heterocycles. The second-order valence-corrected chi connectivity index (χ2v) is 20.8. The zero-order chi connectivity index (χ0) is 49.7. The summed E-state index contributed by atoms with van der Waals surface area (Å²) < 4.78 is 14.1. The van der Waals surface area contributed by atoms with Gasteiger partial charge >= 0.3 is 0 Å². The van der Waals surface area contributed by atoms with Gasteiger partial charge in [-0.25, -0.2) is 0 Å². The lowest BCUT2D eigenvalue weighted by atomic mass is 9.61. The second-order valence-electron chi connectivity index (χ2n) is 20.8. The Morgan fingerprint density at radius 3 is 1.49 bits per heavy atom. The molecule has 6 aliphatic rings. The second kappa shape index (κ2) is 19.2. The van der Waals surface area contributed by atoms with Crippen LogP contribution in [0.15, 0.2) is 144 Å². The molecule has 6 aromatic rings. The Hall–Kier alpha value is -6.26.